The van der Waals surface area contributed by atoms with E-state index in [2.05, 4.69) is 20.7 Å². The molecule has 76 valence electrons. The van der Waals surface area contributed by atoms with Crippen molar-refractivity contribution < 1.29 is 13.9 Å². The van der Waals surface area contributed by atoms with Crippen LogP contribution in [0.25, 0.3) is 0 Å². The largest absolute Gasteiger partial charge is 0.465 e. The van der Waals surface area contributed by atoms with Gasteiger partial charge in [0, 0.05) is 5.88 Å². The highest BCUT2D eigenvalue weighted by molar-refractivity contribution is 9.10. The molecule has 0 aliphatic rings. The maximum atomic E-state index is 13.4. The zero-order valence-corrected chi connectivity index (χ0v) is 9.65. The van der Waals surface area contributed by atoms with E-state index in [-0.39, 0.29) is 15.9 Å². The van der Waals surface area contributed by atoms with Crippen LogP contribution in [0.2, 0.25) is 0 Å². The van der Waals surface area contributed by atoms with Crippen LogP contribution in [0, 0.1) is 5.82 Å². The van der Waals surface area contributed by atoms with Crippen molar-refractivity contribution in [3.05, 3.63) is 33.5 Å². The lowest BCUT2D eigenvalue weighted by atomic mass is 10.1. The Morgan fingerprint density at radius 1 is 1.64 bits per heavy atom. The molecule has 0 aliphatic heterocycles. The first-order chi connectivity index (χ1) is 6.60. The Morgan fingerprint density at radius 2 is 2.29 bits per heavy atom. The topological polar surface area (TPSA) is 26.3 Å². The molecule has 14 heavy (non-hydrogen) atoms. The highest BCUT2D eigenvalue weighted by Gasteiger charge is 2.15. The summed E-state index contributed by atoms with van der Waals surface area (Å²) in [4.78, 5) is 11.1. The number of hydrogen-bond donors (Lipinski definition) is 0. The number of rotatable bonds is 2. The molecule has 1 aromatic carbocycles. The number of carbonyl (C=O) groups is 1. The zero-order chi connectivity index (χ0) is 10.7. The fourth-order valence-corrected chi connectivity index (χ4v) is 1.64. The summed E-state index contributed by atoms with van der Waals surface area (Å²) < 4.78 is 18.0. The number of halogens is 3. The van der Waals surface area contributed by atoms with E-state index in [1.807, 2.05) is 0 Å². The molecule has 0 spiro atoms. The summed E-state index contributed by atoms with van der Waals surface area (Å²) in [6.07, 6.45) is 0. The van der Waals surface area contributed by atoms with Crippen LogP contribution in [-0.2, 0) is 10.6 Å². The zero-order valence-electron chi connectivity index (χ0n) is 7.31. The average Bonchev–Trinajstić information content (AvgIpc) is 2.20. The van der Waals surface area contributed by atoms with Gasteiger partial charge in [-0.05, 0) is 33.6 Å². The van der Waals surface area contributed by atoms with Crippen LogP contribution >= 0.6 is 27.5 Å². The van der Waals surface area contributed by atoms with Crippen molar-refractivity contribution in [3.63, 3.8) is 0 Å². The van der Waals surface area contributed by atoms with Crippen LogP contribution < -0.4 is 0 Å². The van der Waals surface area contributed by atoms with E-state index in [0.717, 1.165) is 0 Å². The summed E-state index contributed by atoms with van der Waals surface area (Å²) in [6.45, 7) is 0. The monoisotopic (exact) mass is 280 g/mol. The molecule has 1 rings (SSSR count). The van der Waals surface area contributed by atoms with Crippen LogP contribution in [-0.4, -0.2) is 13.1 Å². The third kappa shape index (κ3) is 2.25. The molecule has 0 N–H and O–H groups in total. The molecule has 0 aromatic heterocycles. The minimum atomic E-state index is -0.713. The number of ether oxygens (including phenoxy) is 1. The summed E-state index contributed by atoms with van der Waals surface area (Å²) >= 11 is 8.57. The van der Waals surface area contributed by atoms with Gasteiger partial charge in [0.25, 0.3) is 0 Å². The first-order valence-corrected chi connectivity index (χ1v) is 5.05. The SMILES string of the molecule is COC(=O)c1cc(CCl)cc(Br)c1F. The van der Waals surface area contributed by atoms with E-state index in [4.69, 9.17) is 11.6 Å². The molecule has 0 saturated carbocycles. The van der Waals surface area contributed by atoms with Crippen molar-refractivity contribution in [1.29, 1.82) is 0 Å². The Hall–Kier alpha value is -0.610. The van der Waals surface area contributed by atoms with E-state index in [0.29, 0.717) is 5.56 Å². The summed E-state index contributed by atoms with van der Waals surface area (Å²) in [5.41, 5.74) is 0.540. The molecule has 0 unspecified atom stereocenters. The average molecular weight is 282 g/mol. The van der Waals surface area contributed by atoms with Gasteiger partial charge in [-0.1, -0.05) is 0 Å². The minimum Gasteiger partial charge on any atom is -0.465 e. The second-order valence-electron chi connectivity index (χ2n) is 2.56. The van der Waals surface area contributed by atoms with Gasteiger partial charge in [0.05, 0.1) is 17.1 Å². The number of alkyl halides is 1. The minimum absolute atomic E-state index is 0.113. The third-order valence-corrected chi connectivity index (χ3v) is 2.53. The number of carbonyl (C=O) groups excluding carboxylic acids is 1. The Kier molecular flexibility index (Phi) is 3.89. The third-order valence-electron chi connectivity index (χ3n) is 1.65. The molecule has 0 heterocycles. The van der Waals surface area contributed by atoms with Gasteiger partial charge < -0.3 is 4.74 Å². The second kappa shape index (κ2) is 4.75. The van der Waals surface area contributed by atoms with E-state index in [1.54, 1.807) is 0 Å². The number of hydrogen-bond acceptors (Lipinski definition) is 2. The van der Waals surface area contributed by atoms with E-state index >= 15 is 0 Å². The van der Waals surface area contributed by atoms with Crippen LogP contribution in [0.4, 0.5) is 4.39 Å². The Balaban J connectivity index is 3.27. The number of methoxy groups -OCH3 is 1. The number of benzene rings is 1. The molecular weight excluding hydrogens is 274 g/mol. The fourth-order valence-electron chi connectivity index (χ4n) is 0.981. The van der Waals surface area contributed by atoms with Crippen molar-refractivity contribution in [2.75, 3.05) is 7.11 Å². The molecule has 0 fully saturated rings. The first-order valence-electron chi connectivity index (χ1n) is 3.72. The maximum absolute atomic E-state index is 13.4. The predicted octanol–water partition coefficient (Wildman–Crippen LogP) is 3.11. The summed E-state index contributed by atoms with van der Waals surface area (Å²) in [7, 11) is 1.20. The first kappa shape index (κ1) is 11.5. The van der Waals surface area contributed by atoms with Gasteiger partial charge in [0.2, 0.25) is 0 Å². The van der Waals surface area contributed by atoms with E-state index in [9.17, 15) is 9.18 Å². The highest BCUT2D eigenvalue weighted by Crippen LogP contribution is 2.22. The summed E-state index contributed by atoms with van der Waals surface area (Å²) in [5.74, 6) is -1.14. The Bertz CT molecular complexity index is 368. The summed E-state index contributed by atoms with van der Waals surface area (Å²) in [6, 6.07) is 2.90. The van der Waals surface area contributed by atoms with Gasteiger partial charge in [0.1, 0.15) is 0 Å². The normalized spacial score (nSPS) is 10.0. The lowest BCUT2D eigenvalue weighted by molar-refractivity contribution is 0.0595. The van der Waals surface area contributed by atoms with Gasteiger partial charge in [-0.2, -0.15) is 0 Å². The molecule has 0 saturated heterocycles. The maximum Gasteiger partial charge on any atom is 0.340 e. The fraction of sp³-hybridized carbons (Fsp3) is 0.222. The standard InChI is InChI=1S/C9H7BrClFO2/c1-14-9(13)6-2-5(4-11)3-7(10)8(6)12/h2-3H,4H2,1H3. The molecule has 5 heteroatoms. The molecule has 0 bridgehead atoms. The molecular formula is C9H7BrClFO2. The van der Waals surface area contributed by atoms with Crippen molar-refractivity contribution >= 4 is 33.5 Å². The van der Waals surface area contributed by atoms with Crippen molar-refractivity contribution in [2.24, 2.45) is 0 Å². The van der Waals surface area contributed by atoms with Gasteiger partial charge in [-0.3, -0.25) is 0 Å². The molecule has 2 nitrogen and oxygen atoms in total. The second-order valence-corrected chi connectivity index (χ2v) is 3.69. The van der Waals surface area contributed by atoms with Crippen molar-refractivity contribution in [2.45, 2.75) is 5.88 Å². The van der Waals surface area contributed by atoms with Crippen LogP contribution in [0.5, 0.6) is 0 Å². The van der Waals surface area contributed by atoms with Crippen LogP contribution in [0.15, 0.2) is 16.6 Å². The molecule has 0 aliphatic carbocycles. The lowest BCUT2D eigenvalue weighted by Crippen LogP contribution is -2.05. The van der Waals surface area contributed by atoms with Gasteiger partial charge in [-0.25, -0.2) is 9.18 Å². The van der Waals surface area contributed by atoms with Crippen LogP contribution in [0.1, 0.15) is 15.9 Å². The van der Waals surface area contributed by atoms with Crippen LogP contribution in [0.3, 0.4) is 0 Å². The quantitative estimate of drug-likeness (QED) is 0.615. The lowest BCUT2D eigenvalue weighted by Gasteiger charge is -2.05. The van der Waals surface area contributed by atoms with E-state index in [1.165, 1.54) is 19.2 Å². The molecule has 0 atom stereocenters. The predicted molar refractivity (Wildman–Crippen MR) is 55.0 cm³/mol. The Morgan fingerprint density at radius 3 is 2.79 bits per heavy atom. The van der Waals surface area contributed by atoms with E-state index < -0.39 is 11.8 Å². The molecule has 0 amide bonds. The molecule has 0 radical (unpaired) electrons. The van der Waals surface area contributed by atoms with Gasteiger partial charge in [0.15, 0.2) is 5.82 Å². The highest BCUT2D eigenvalue weighted by atomic mass is 79.9. The smallest absolute Gasteiger partial charge is 0.340 e. The number of esters is 1. The summed E-state index contributed by atoms with van der Waals surface area (Å²) in [5, 5.41) is 0. The Labute approximate surface area is 94.1 Å². The van der Waals surface area contributed by atoms with Gasteiger partial charge >= 0.3 is 5.97 Å². The molecule has 1 aromatic rings. The van der Waals surface area contributed by atoms with Gasteiger partial charge in [-0.15, -0.1) is 11.6 Å². The van der Waals surface area contributed by atoms with Crippen molar-refractivity contribution in [3.8, 4) is 0 Å². The van der Waals surface area contributed by atoms with Crippen molar-refractivity contribution in [1.82, 2.24) is 0 Å².